The maximum absolute atomic E-state index is 6.18. The zero-order valence-corrected chi connectivity index (χ0v) is 10.5. The van der Waals surface area contributed by atoms with Gasteiger partial charge in [-0.05, 0) is 36.2 Å². The van der Waals surface area contributed by atoms with Gasteiger partial charge in [0.2, 0.25) is 0 Å². The molecule has 2 N–H and O–H groups in total. The molecule has 1 nitrogen and oxygen atoms in total. The summed E-state index contributed by atoms with van der Waals surface area (Å²) in [7, 11) is 0. The standard InChI is InChI=1S/C13H12ClN.ClH/c1-9-5-6-12(13(14)7-9)10-3-2-4-11(15)8-10;/h2-8H,15H2,1H3;1H. The van der Waals surface area contributed by atoms with Crippen LogP contribution in [0.15, 0.2) is 42.5 Å². The van der Waals surface area contributed by atoms with Crippen molar-refractivity contribution in [1.82, 2.24) is 0 Å². The lowest BCUT2D eigenvalue weighted by atomic mass is 10.0. The number of anilines is 1. The topological polar surface area (TPSA) is 26.0 Å². The van der Waals surface area contributed by atoms with Gasteiger partial charge < -0.3 is 5.73 Å². The van der Waals surface area contributed by atoms with Crippen LogP contribution >= 0.6 is 24.0 Å². The Morgan fingerprint density at radius 2 is 1.81 bits per heavy atom. The SMILES string of the molecule is Cc1ccc(-c2cccc(N)c2)c(Cl)c1.Cl. The Hall–Kier alpha value is -1.18. The molecule has 16 heavy (non-hydrogen) atoms. The third kappa shape index (κ3) is 2.69. The molecular weight excluding hydrogens is 241 g/mol. The molecule has 0 aliphatic heterocycles. The lowest BCUT2D eigenvalue weighted by molar-refractivity contribution is 1.47. The summed E-state index contributed by atoms with van der Waals surface area (Å²) >= 11 is 6.18. The lowest BCUT2D eigenvalue weighted by Gasteiger charge is -2.06. The van der Waals surface area contributed by atoms with Crippen molar-refractivity contribution >= 4 is 29.7 Å². The smallest absolute Gasteiger partial charge is 0.0487 e. The molecule has 2 aromatic carbocycles. The molecule has 0 saturated heterocycles. The van der Waals surface area contributed by atoms with Crippen LogP contribution in [0.2, 0.25) is 5.02 Å². The van der Waals surface area contributed by atoms with E-state index >= 15 is 0 Å². The quantitative estimate of drug-likeness (QED) is 0.753. The van der Waals surface area contributed by atoms with E-state index in [1.807, 2.05) is 49.4 Å². The van der Waals surface area contributed by atoms with Crippen LogP contribution < -0.4 is 5.73 Å². The highest BCUT2D eigenvalue weighted by atomic mass is 35.5. The summed E-state index contributed by atoms with van der Waals surface area (Å²) < 4.78 is 0. The van der Waals surface area contributed by atoms with Crippen LogP contribution in [0, 0.1) is 6.92 Å². The van der Waals surface area contributed by atoms with Gasteiger partial charge in [0.15, 0.2) is 0 Å². The fraction of sp³-hybridized carbons (Fsp3) is 0.0769. The number of halogens is 2. The summed E-state index contributed by atoms with van der Waals surface area (Å²) in [4.78, 5) is 0. The van der Waals surface area contributed by atoms with Crippen LogP contribution in [-0.2, 0) is 0 Å². The predicted molar refractivity (Wildman–Crippen MR) is 73.3 cm³/mol. The van der Waals surface area contributed by atoms with E-state index in [2.05, 4.69) is 0 Å². The zero-order valence-electron chi connectivity index (χ0n) is 8.91. The molecule has 0 radical (unpaired) electrons. The lowest BCUT2D eigenvalue weighted by Crippen LogP contribution is -1.86. The largest absolute Gasteiger partial charge is 0.399 e. The Morgan fingerprint density at radius 1 is 1.06 bits per heavy atom. The molecule has 84 valence electrons. The highest BCUT2D eigenvalue weighted by Crippen LogP contribution is 2.29. The molecule has 0 aromatic heterocycles. The maximum Gasteiger partial charge on any atom is 0.0487 e. The number of nitrogens with two attached hydrogens (primary N) is 1. The minimum absolute atomic E-state index is 0. The number of benzene rings is 2. The normalized spacial score (nSPS) is 9.62. The third-order valence-corrected chi connectivity index (χ3v) is 2.63. The average Bonchev–Trinajstić information content (AvgIpc) is 2.17. The summed E-state index contributed by atoms with van der Waals surface area (Å²) in [5.41, 5.74) is 9.72. The molecule has 0 amide bonds. The van der Waals surface area contributed by atoms with E-state index in [-0.39, 0.29) is 12.4 Å². The molecule has 0 fully saturated rings. The molecule has 2 rings (SSSR count). The molecule has 0 saturated carbocycles. The van der Waals surface area contributed by atoms with Gasteiger partial charge in [-0.1, -0.05) is 35.9 Å². The Balaban J connectivity index is 0.00000128. The number of hydrogen-bond donors (Lipinski definition) is 1. The molecule has 0 heterocycles. The van der Waals surface area contributed by atoms with Gasteiger partial charge in [-0.2, -0.15) is 0 Å². The van der Waals surface area contributed by atoms with Gasteiger partial charge in [0.25, 0.3) is 0 Å². The number of nitrogen functional groups attached to an aromatic ring is 1. The van der Waals surface area contributed by atoms with Gasteiger partial charge in [-0.15, -0.1) is 12.4 Å². The Kier molecular flexibility index (Phi) is 4.22. The molecule has 2 aromatic rings. The second-order valence-electron chi connectivity index (χ2n) is 3.61. The predicted octanol–water partition coefficient (Wildman–Crippen LogP) is 4.32. The molecular formula is C13H13Cl2N. The van der Waals surface area contributed by atoms with Crippen LogP contribution in [0.3, 0.4) is 0 Å². The molecule has 0 spiro atoms. The van der Waals surface area contributed by atoms with Crippen LogP contribution in [0.25, 0.3) is 11.1 Å². The monoisotopic (exact) mass is 253 g/mol. The van der Waals surface area contributed by atoms with Crippen molar-refractivity contribution in [2.45, 2.75) is 6.92 Å². The first-order valence-electron chi connectivity index (χ1n) is 4.79. The van der Waals surface area contributed by atoms with Crippen molar-refractivity contribution in [2.75, 3.05) is 5.73 Å². The second-order valence-corrected chi connectivity index (χ2v) is 4.02. The van der Waals surface area contributed by atoms with Crippen LogP contribution in [0.5, 0.6) is 0 Å². The first-order valence-corrected chi connectivity index (χ1v) is 5.17. The number of aryl methyl sites for hydroxylation is 1. The fourth-order valence-corrected chi connectivity index (χ4v) is 1.90. The first-order chi connectivity index (χ1) is 7.16. The van der Waals surface area contributed by atoms with Gasteiger partial charge in [0.05, 0.1) is 0 Å². The Bertz CT molecular complexity index is 495. The van der Waals surface area contributed by atoms with E-state index in [0.29, 0.717) is 0 Å². The molecule has 0 bridgehead atoms. The van der Waals surface area contributed by atoms with Crippen molar-refractivity contribution in [1.29, 1.82) is 0 Å². The minimum Gasteiger partial charge on any atom is -0.399 e. The van der Waals surface area contributed by atoms with Gasteiger partial charge in [-0.25, -0.2) is 0 Å². The van der Waals surface area contributed by atoms with E-state index in [9.17, 15) is 0 Å². The highest BCUT2D eigenvalue weighted by molar-refractivity contribution is 6.33. The van der Waals surface area contributed by atoms with E-state index in [0.717, 1.165) is 27.4 Å². The van der Waals surface area contributed by atoms with Gasteiger partial charge in [0.1, 0.15) is 0 Å². The summed E-state index contributed by atoms with van der Waals surface area (Å²) in [5, 5.41) is 0.764. The van der Waals surface area contributed by atoms with Gasteiger partial charge in [0, 0.05) is 16.3 Å². The molecule has 3 heteroatoms. The van der Waals surface area contributed by atoms with E-state index in [1.54, 1.807) is 0 Å². The van der Waals surface area contributed by atoms with Crippen molar-refractivity contribution in [3.8, 4) is 11.1 Å². The Morgan fingerprint density at radius 3 is 2.44 bits per heavy atom. The summed E-state index contributed by atoms with van der Waals surface area (Å²) in [6.07, 6.45) is 0. The number of rotatable bonds is 1. The van der Waals surface area contributed by atoms with Crippen molar-refractivity contribution in [3.63, 3.8) is 0 Å². The average molecular weight is 254 g/mol. The van der Waals surface area contributed by atoms with Crippen LogP contribution in [-0.4, -0.2) is 0 Å². The molecule has 0 atom stereocenters. The molecule has 0 aliphatic carbocycles. The minimum atomic E-state index is 0. The van der Waals surface area contributed by atoms with E-state index in [1.165, 1.54) is 0 Å². The fourth-order valence-electron chi connectivity index (χ4n) is 1.56. The van der Waals surface area contributed by atoms with E-state index in [4.69, 9.17) is 17.3 Å². The zero-order chi connectivity index (χ0) is 10.8. The van der Waals surface area contributed by atoms with Crippen LogP contribution in [0.4, 0.5) is 5.69 Å². The Labute approximate surface area is 107 Å². The second kappa shape index (κ2) is 5.24. The summed E-state index contributed by atoms with van der Waals surface area (Å²) in [5.74, 6) is 0. The van der Waals surface area contributed by atoms with Crippen molar-refractivity contribution in [3.05, 3.63) is 53.1 Å². The maximum atomic E-state index is 6.18. The molecule has 0 aliphatic rings. The summed E-state index contributed by atoms with van der Waals surface area (Å²) in [6, 6.07) is 13.8. The third-order valence-electron chi connectivity index (χ3n) is 2.32. The van der Waals surface area contributed by atoms with Gasteiger partial charge >= 0.3 is 0 Å². The van der Waals surface area contributed by atoms with Crippen LogP contribution in [0.1, 0.15) is 5.56 Å². The van der Waals surface area contributed by atoms with E-state index < -0.39 is 0 Å². The molecule has 0 unspecified atom stereocenters. The first kappa shape index (κ1) is 12.9. The highest BCUT2D eigenvalue weighted by Gasteiger charge is 2.03. The van der Waals surface area contributed by atoms with Crippen molar-refractivity contribution in [2.24, 2.45) is 0 Å². The van der Waals surface area contributed by atoms with Crippen molar-refractivity contribution < 1.29 is 0 Å². The van der Waals surface area contributed by atoms with Gasteiger partial charge in [-0.3, -0.25) is 0 Å². The summed E-state index contributed by atoms with van der Waals surface area (Å²) in [6.45, 7) is 2.02. The number of hydrogen-bond acceptors (Lipinski definition) is 1.